The third kappa shape index (κ3) is 5.25. The Bertz CT molecular complexity index is 246. The molecular weight excluding hydrogens is 206 g/mol. The monoisotopic (exact) mass is 227 g/mol. The van der Waals surface area contributed by atoms with Crippen LogP contribution in [-0.2, 0) is 6.54 Å². The van der Waals surface area contributed by atoms with Crippen LogP contribution in [0.4, 0.5) is 0 Å². The van der Waals surface area contributed by atoms with Gasteiger partial charge in [-0.1, -0.05) is 13.8 Å². The molecule has 4 heteroatoms. The van der Waals surface area contributed by atoms with E-state index in [0.29, 0.717) is 5.92 Å². The lowest BCUT2D eigenvalue weighted by Crippen LogP contribution is -2.29. The molecule has 0 spiro atoms. The number of hydrogen-bond acceptors (Lipinski definition) is 4. The molecule has 0 aliphatic heterocycles. The third-order valence-electron chi connectivity index (χ3n) is 2.36. The van der Waals surface area contributed by atoms with Crippen LogP contribution in [0.1, 0.15) is 26.0 Å². The summed E-state index contributed by atoms with van der Waals surface area (Å²) in [5, 5.41) is 5.48. The molecule has 1 aromatic rings. The van der Waals surface area contributed by atoms with E-state index < -0.39 is 0 Å². The maximum absolute atomic E-state index is 5.73. The van der Waals surface area contributed by atoms with Crippen LogP contribution in [0.5, 0.6) is 0 Å². The standard InChI is InChI=1S/C11H21N3S/c1-9(2)3-10(4-12)5-13-6-11-7-15-8-14-11/h7-10,13H,3-6,12H2,1-2H3. The van der Waals surface area contributed by atoms with E-state index in [1.54, 1.807) is 11.3 Å². The molecule has 1 rings (SSSR count). The highest BCUT2D eigenvalue weighted by molar-refractivity contribution is 7.07. The van der Waals surface area contributed by atoms with Crippen molar-refractivity contribution in [1.82, 2.24) is 10.3 Å². The molecule has 0 bridgehead atoms. The Hall–Kier alpha value is -0.450. The van der Waals surface area contributed by atoms with E-state index in [2.05, 4.69) is 29.5 Å². The molecule has 0 fully saturated rings. The highest BCUT2D eigenvalue weighted by atomic mass is 32.1. The van der Waals surface area contributed by atoms with Crippen molar-refractivity contribution in [2.45, 2.75) is 26.8 Å². The Labute approximate surface area is 96.1 Å². The van der Waals surface area contributed by atoms with Crippen molar-refractivity contribution >= 4 is 11.3 Å². The van der Waals surface area contributed by atoms with E-state index in [0.717, 1.165) is 31.2 Å². The molecule has 0 radical (unpaired) electrons. The highest BCUT2D eigenvalue weighted by Crippen LogP contribution is 2.09. The summed E-state index contributed by atoms with van der Waals surface area (Å²) in [6.07, 6.45) is 1.20. The third-order valence-corrected chi connectivity index (χ3v) is 3.00. The molecule has 0 amide bonds. The fourth-order valence-corrected chi connectivity index (χ4v) is 2.22. The number of rotatable bonds is 7. The molecule has 15 heavy (non-hydrogen) atoms. The van der Waals surface area contributed by atoms with Crippen LogP contribution in [0.15, 0.2) is 10.9 Å². The first-order valence-corrected chi connectivity index (χ1v) is 6.44. The molecule has 0 aromatic carbocycles. The summed E-state index contributed by atoms with van der Waals surface area (Å²) in [5.41, 5.74) is 8.72. The van der Waals surface area contributed by atoms with Crippen LogP contribution in [0, 0.1) is 11.8 Å². The van der Waals surface area contributed by atoms with Crippen molar-refractivity contribution in [3.8, 4) is 0 Å². The fourth-order valence-electron chi connectivity index (χ4n) is 1.66. The van der Waals surface area contributed by atoms with Gasteiger partial charge in [0.15, 0.2) is 0 Å². The van der Waals surface area contributed by atoms with Crippen LogP contribution in [0.2, 0.25) is 0 Å². The minimum absolute atomic E-state index is 0.587. The smallest absolute Gasteiger partial charge is 0.0795 e. The fraction of sp³-hybridized carbons (Fsp3) is 0.727. The van der Waals surface area contributed by atoms with Gasteiger partial charge in [0.05, 0.1) is 11.2 Å². The predicted molar refractivity (Wildman–Crippen MR) is 65.8 cm³/mol. The van der Waals surface area contributed by atoms with Gasteiger partial charge in [0.1, 0.15) is 0 Å². The molecule has 0 saturated carbocycles. The Kier molecular flexibility index (Phi) is 5.83. The first-order valence-electron chi connectivity index (χ1n) is 5.50. The number of hydrogen-bond donors (Lipinski definition) is 2. The number of nitrogens with zero attached hydrogens (tertiary/aromatic N) is 1. The Morgan fingerprint density at radius 1 is 1.53 bits per heavy atom. The minimum atomic E-state index is 0.587. The van der Waals surface area contributed by atoms with E-state index >= 15 is 0 Å². The zero-order valence-corrected chi connectivity index (χ0v) is 10.4. The topological polar surface area (TPSA) is 50.9 Å². The van der Waals surface area contributed by atoms with Crippen molar-refractivity contribution in [3.63, 3.8) is 0 Å². The summed E-state index contributed by atoms with van der Waals surface area (Å²) in [6, 6.07) is 0. The quantitative estimate of drug-likeness (QED) is 0.747. The maximum Gasteiger partial charge on any atom is 0.0795 e. The maximum atomic E-state index is 5.73. The minimum Gasteiger partial charge on any atom is -0.330 e. The number of nitrogens with two attached hydrogens (primary N) is 1. The first kappa shape index (κ1) is 12.6. The summed E-state index contributed by atoms with van der Waals surface area (Å²) in [5.74, 6) is 1.31. The molecule has 3 N–H and O–H groups in total. The lowest BCUT2D eigenvalue weighted by atomic mass is 9.97. The van der Waals surface area contributed by atoms with Gasteiger partial charge in [0, 0.05) is 11.9 Å². The van der Waals surface area contributed by atoms with Crippen LogP contribution in [0.3, 0.4) is 0 Å². The van der Waals surface area contributed by atoms with E-state index in [4.69, 9.17) is 5.73 Å². The van der Waals surface area contributed by atoms with Gasteiger partial charge in [0.25, 0.3) is 0 Å². The molecule has 1 unspecified atom stereocenters. The van der Waals surface area contributed by atoms with E-state index in [-0.39, 0.29) is 0 Å². The first-order chi connectivity index (χ1) is 7.22. The highest BCUT2D eigenvalue weighted by Gasteiger charge is 2.08. The molecule has 86 valence electrons. The average Bonchev–Trinajstić information content (AvgIpc) is 2.68. The summed E-state index contributed by atoms with van der Waals surface area (Å²) in [6.45, 7) is 7.10. The van der Waals surface area contributed by atoms with E-state index in [9.17, 15) is 0 Å². The molecule has 0 saturated heterocycles. The van der Waals surface area contributed by atoms with Crippen molar-refractivity contribution < 1.29 is 0 Å². The van der Waals surface area contributed by atoms with Crippen molar-refractivity contribution in [2.75, 3.05) is 13.1 Å². The average molecular weight is 227 g/mol. The lowest BCUT2D eigenvalue weighted by molar-refractivity contribution is 0.393. The zero-order valence-electron chi connectivity index (χ0n) is 9.57. The predicted octanol–water partition coefficient (Wildman–Crippen LogP) is 1.85. The van der Waals surface area contributed by atoms with Gasteiger partial charge in [-0.3, -0.25) is 0 Å². The van der Waals surface area contributed by atoms with Gasteiger partial charge < -0.3 is 11.1 Å². The summed E-state index contributed by atoms with van der Waals surface area (Å²) >= 11 is 1.64. The van der Waals surface area contributed by atoms with Crippen molar-refractivity contribution in [1.29, 1.82) is 0 Å². The Morgan fingerprint density at radius 3 is 2.87 bits per heavy atom. The Balaban J connectivity index is 2.17. The summed E-state index contributed by atoms with van der Waals surface area (Å²) in [4.78, 5) is 4.22. The van der Waals surface area contributed by atoms with Crippen LogP contribution >= 0.6 is 11.3 Å². The summed E-state index contributed by atoms with van der Waals surface area (Å²) < 4.78 is 0. The number of aromatic nitrogens is 1. The number of nitrogens with one attached hydrogen (secondary N) is 1. The van der Waals surface area contributed by atoms with E-state index in [1.807, 2.05) is 5.51 Å². The molecule has 1 aromatic heterocycles. The van der Waals surface area contributed by atoms with Crippen molar-refractivity contribution in [3.05, 3.63) is 16.6 Å². The molecule has 1 atom stereocenters. The van der Waals surface area contributed by atoms with Crippen LogP contribution < -0.4 is 11.1 Å². The lowest BCUT2D eigenvalue weighted by Gasteiger charge is -2.17. The van der Waals surface area contributed by atoms with Crippen molar-refractivity contribution in [2.24, 2.45) is 17.6 Å². The van der Waals surface area contributed by atoms with E-state index in [1.165, 1.54) is 6.42 Å². The largest absolute Gasteiger partial charge is 0.330 e. The number of thiazole rings is 1. The van der Waals surface area contributed by atoms with Gasteiger partial charge in [0.2, 0.25) is 0 Å². The SMILES string of the molecule is CC(C)CC(CN)CNCc1cscn1. The molecule has 3 nitrogen and oxygen atoms in total. The molecule has 0 aliphatic carbocycles. The second-order valence-electron chi connectivity index (χ2n) is 4.34. The summed E-state index contributed by atoms with van der Waals surface area (Å²) in [7, 11) is 0. The van der Waals surface area contributed by atoms with Gasteiger partial charge >= 0.3 is 0 Å². The Morgan fingerprint density at radius 2 is 2.33 bits per heavy atom. The molecule has 0 aliphatic rings. The second kappa shape index (κ2) is 6.93. The zero-order chi connectivity index (χ0) is 11.1. The van der Waals surface area contributed by atoms with Gasteiger partial charge in [-0.25, -0.2) is 4.98 Å². The molecule has 1 heterocycles. The van der Waals surface area contributed by atoms with Gasteiger partial charge in [-0.05, 0) is 31.3 Å². The van der Waals surface area contributed by atoms with Crippen LogP contribution in [-0.4, -0.2) is 18.1 Å². The second-order valence-corrected chi connectivity index (χ2v) is 5.06. The van der Waals surface area contributed by atoms with Gasteiger partial charge in [-0.2, -0.15) is 0 Å². The normalized spacial score (nSPS) is 13.3. The van der Waals surface area contributed by atoms with Gasteiger partial charge in [-0.15, -0.1) is 11.3 Å². The molecular formula is C11H21N3S. The van der Waals surface area contributed by atoms with Crippen LogP contribution in [0.25, 0.3) is 0 Å².